The van der Waals surface area contributed by atoms with Crippen LogP contribution in [0, 0.1) is 11.8 Å². The lowest BCUT2D eigenvalue weighted by Crippen LogP contribution is -2.51. The largest absolute Gasteiger partial charge is 0.443 e. The minimum Gasteiger partial charge on any atom is -0.443 e. The van der Waals surface area contributed by atoms with Crippen molar-refractivity contribution in [3.8, 4) is 0 Å². The zero-order chi connectivity index (χ0) is 33.0. The van der Waals surface area contributed by atoms with E-state index in [9.17, 15) is 18.3 Å². The number of imidazole rings is 1. The molecule has 2 aromatic heterocycles. The molecule has 13 heteroatoms. The summed E-state index contributed by atoms with van der Waals surface area (Å²) in [6.07, 6.45) is 3.33. The van der Waals surface area contributed by atoms with Crippen molar-refractivity contribution in [3.05, 3.63) is 90.5 Å². The maximum Gasteiger partial charge on any atom is 0.407 e. The first-order chi connectivity index (χ1) is 22.7. The number of hydrogen-bond acceptors (Lipinski definition) is 9. The molecule has 0 saturated carbocycles. The van der Waals surface area contributed by atoms with E-state index < -0.39 is 34.4 Å². The van der Waals surface area contributed by atoms with Crippen molar-refractivity contribution >= 4 is 27.1 Å². The van der Waals surface area contributed by atoms with Crippen LogP contribution in [0.1, 0.15) is 31.4 Å². The van der Waals surface area contributed by atoms with E-state index >= 15 is 0 Å². The zero-order valence-corrected chi connectivity index (χ0v) is 27.3. The van der Waals surface area contributed by atoms with Gasteiger partial charge in [-0.15, -0.1) is 0 Å². The highest BCUT2D eigenvalue weighted by atomic mass is 32.2. The van der Waals surface area contributed by atoms with Gasteiger partial charge in [-0.25, -0.2) is 18.2 Å². The minimum atomic E-state index is -4.07. The molecule has 6 rings (SSSR count). The van der Waals surface area contributed by atoms with E-state index in [0.717, 1.165) is 17.5 Å². The number of aliphatic hydroxyl groups excluding tert-OH is 1. The molecule has 2 aliphatic rings. The predicted octanol–water partition coefficient (Wildman–Crippen LogP) is 3.59. The summed E-state index contributed by atoms with van der Waals surface area (Å²) in [5.41, 5.74) is 3.22. The van der Waals surface area contributed by atoms with Crippen LogP contribution in [0.5, 0.6) is 0 Å². The Morgan fingerprint density at radius 3 is 2.64 bits per heavy atom. The van der Waals surface area contributed by atoms with Crippen LogP contribution in [0.3, 0.4) is 0 Å². The lowest BCUT2D eigenvalue weighted by Gasteiger charge is -2.31. The molecule has 12 nitrogen and oxygen atoms in total. The number of carbonyl (C=O) groups is 1. The number of ether oxygens (including phenoxy) is 3. The SMILES string of the molecule is CC(C)CN(C[C@@H](O)[C@H](Cc1ccccc1)NC(=O)O[C@H]1CO[C@H]2OCC[C@H]21)S(=O)(=O)c1ccc2ncn(Cc3ccncc3)c2c1. The number of aliphatic hydroxyl groups is 1. The van der Waals surface area contributed by atoms with E-state index in [0.29, 0.717) is 24.2 Å². The van der Waals surface area contributed by atoms with Gasteiger partial charge in [0.15, 0.2) is 6.29 Å². The van der Waals surface area contributed by atoms with Gasteiger partial charge < -0.3 is 29.2 Å². The maximum absolute atomic E-state index is 14.2. The number of alkyl carbamates (subject to hydrolysis) is 1. The van der Waals surface area contributed by atoms with Gasteiger partial charge >= 0.3 is 6.09 Å². The van der Waals surface area contributed by atoms with Gasteiger partial charge in [0.2, 0.25) is 10.0 Å². The van der Waals surface area contributed by atoms with E-state index in [4.69, 9.17) is 14.2 Å². The molecule has 4 heterocycles. The van der Waals surface area contributed by atoms with Gasteiger partial charge in [-0.2, -0.15) is 4.31 Å². The van der Waals surface area contributed by atoms with Crippen molar-refractivity contribution in [3.63, 3.8) is 0 Å². The molecule has 1 amide bonds. The fraction of sp³-hybridized carbons (Fsp3) is 0.441. The number of nitrogens with zero attached hydrogens (tertiary/aromatic N) is 4. The molecular weight excluding hydrogens is 622 g/mol. The summed E-state index contributed by atoms with van der Waals surface area (Å²) < 4.78 is 48.5. The number of nitrogens with one attached hydrogen (secondary N) is 1. The van der Waals surface area contributed by atoms with Gasteiger partial charge in [-0.05, 0) is 60.2 Å². The van der Waals surface area contributed by atoms with E-state index in [2.05, 4.69) is 15.3 Å². The Morgan fingerprint density at radius 2 is 1.87 bits per heavy atom. The molecule has 2 saturated heterocycles. The van der Waals surface area contributed by atoms with Crippen molar-refractivity contribution in [1.82, 2.24) is 24.2 Å². The summed E-state index contributed by atoms with van der Waals surface area (Å²) in [6, 6.07) is 17.2. The second-order valence-corrected chi connectivity index (χ2v) is 14.5. The molecule has 0 aliphatic carbocycles. The summed E-state index contributed by atoms with van der Waals surface area (Å²) >= 11 is 0. The third kappa shape index (κ3) is 7.82. The fourth-order valence-corrected chi connectivity index (χ4v) is 7.83. The van der Waals surface area contributed by atoms with Crippen molar-refractivity contribution in [2.75, 3.05) is 26.3 Å². The molecule has 2 N–H and O–H groups in total. The minimum absolute atomic E-state index is 0.0348. The molecule has 2 fully saturated rings. The van der Waals surface area contributed by atoms with Crippen LogP contribution in [-0.4, -0.2) is 89.3 Å². The Balaban J connectivity index is 1.22. The molecular formula is C34H41N5O7S. The van der Waals surface area contributed by atoms with Crippen LogP contribution in [-0.2, 0) is 37.2 Å². The summed E-state index contributed by atoms with van der Waals surface area (Å²) in [6.45, 7) is 5.05. The molecule has 250 valence electrons. The van der Waals surface area contributed by atoms with E-state index in [1.807, 2.05) is 60.9 Å². The summed E-state index contributed by atoms with van der Waals surface area (Å²) in [5, 5.41) is 14.5. The first-order valence-corrected chi connectivity index (χ1v) is 17.4. The lowest BCUT2D eigenvalue weighted by atomic mass is 10.0. The monoisotopic (exact) mass is 663 g/mol. The van der Waals surface area contributed by atoms with Crippen molar-refractivity contribution < 1.29 is 32.5 Å². The third-order valence-corrected chi connectivity index (χ3v) is 10.4. The second kappa shape index (κ2) is 14.5. The smallest absolute Gasteiger partial charge is 0.407 e. The molecule has 4 aromatic rings. The van der Waals surface area contributed by atoms with Crippen LogP contribution in [0.15, 0.2) is 84.3 Å². The predicted molar refractivity (Wildman–Crippen MR) is 174 cm³/mol. The summed E-state index contributed by atoms with van der Waals surface area (Å²) in [7, 11) is -4.07. The van der Waals surface area contributed by atoms with E-state index in [-0.39, 0.29) is 49.1 Å². The normalized spacial score (nSPS) is 20.8. The number of hydrogen-bond donors (Lipinski definition) is 2. The van der Waals surface area contributed by atoms with Crippen molar-refractivity contribution in [2.45, 2.75) is 62.7 Å². The number of fused-ring (bicyclic) bond motifs is 2. The molecule has 5 atom stereocenters. The quantitative estimate of drug-likeness (QED) is 0.219. The summed E-state index contributed by atoms with van der Waals surface area (Å²) in [5.74, 6) is -0.0735. The molecule has 0 spiro atoms. The maximum atomic E-state index is 14.2. The van der Waals surface area contributed by atoms with Crippen molar-refractivity contribution in [1.29, 1.82) is 0 Å². The number of sulfonamides is 1. The van der Waals surface area contributed by atoms with Gasteiger partial charge in [-0.1, -0.05) is 44.2 Å². The number of rotatable bonds is 13. The number of amides is 1. The van der Waals surface area contributed by atoms with Gasteiger partial charge in [-0.3, -0.25) is 4.98 Å². The Hall–Kier alpha value is -3.88. The average Bonchev–Trinajstić information content (AvgIpc) is 3.79. The van der Waals surface area contributed by atoms with Crippen molar-refractivity contribution in [2.24, 2.45) is 11.8 Å². The zero-order valence-electron chi connectivity index (χ0n) is 26.5. The highest BCUT2D eigenvalue weighted by molar-refractivity contribution is 7.89. The number of aromatic nitrogens is 3. The summed E-state index contributed by atoms with van der Waals surface area (Å²) in [4.78, 5) is 21.8. The number of pyridine rings is 1. The average molecular weight is 664 g/mol. The molecule has 2 aliphatic heterocycles. The molecule has 0 unspecified atom stereocenters. The van der Waals surface area contributed by atoms with Crippen LogP contribution in [0.2, 0.25) is 0 Å². The molecule has 0 radical (unpaired) electrons. The highest BCUT2D eigenvalue weighted by Gasteiger charge is 2.44. The fourth-order valence-electron chi connectivity index (χ4n) is 6.19. The first-order valence-electron chi connectivity index (χ1n) is 15.9. The van der Waals surface area contributed by atoms with Gasteiger partial charge in [0, 0.05) is 32.0 Å². The standard InChI is InChI=1S/C34H41N5O7S/c1-23(2)18-39(47(42,43)26-8-9-28-30(17-26)38(22-36-28)19-25-10-13-35-14-11-25)20-31(40)29(16-24-6-4-3-5-7-24)37-34(41)46-32-21-45-33-27(32)12-15-44-33/h3-11,13-14,17,22-23,27,29,31-33,40H,12,15-16,18-21H2,1-2H3,(H,37,41)/t27-,29-,31+,32-,33+/m0/s1. The Morgan fingerprint density at radius 1 is 1.09 bits per heavy atom. The topological polar surface area (TPSA) is 145 Å². The Bertz CT molecular complexity index is 1750. The molecule has 47 heavy (non-hydrogen) atoms. The Kier molecular flexibility index (Phi) is 10.2. The highest BCUT2D eigenvalue weighted by Crippen LogP contribution is 2.33. The van der Waals surface area contributed by atoms with Gasteiger partial charge in [0.25, 0.3) is 0 Å². The van der Waals surface area contributed by atoms with Crippen LogP contribution in [0.4, 0.5) is 4.79 Å². The molecule has 2 aromatic carbocycles. The lowest BCUT2D eigenvalue weighted by molar-refractivity contribution is -0.0907. The van der Waals surface area contributed by atoms with Crippen LogP contribution in [0.25, 0.3) is 11.0 Å². The van der Waals surface area contributed by atoms with E-state index in [1.165, 1.54) is 4.31 Å². The second-order valence-electron chi connectivity index (χ2n) is 12.6. The molecule has 0 bridgehead atoms. The number of carbonyl (C=O) groups excluding carboxylic acids is 1. The number of benzene rings is 2. The first kappa shape index (κ1) is 33.0. The van der Waals surface area contributed by atoms with Crippen LogP contribution < -0.4 is 5.32 Å². The van der Waals surface area contributed by atoms with Gasteiger partial charge in [0.05, 0.1) is 53.5 Å². The van der Waals surface area contributed by atoms with Crippen LogP contribution >= 0.6 is 0 Å². The Labute approximate surface area is 274 Å². The van der Waals surface area contributed by atoms with E-state index in [1.54, 1.807) is 36.9 Å². The van der Waals surface area contributed by atoms with Gasteiger partial charge in [0.1, 0.15) is 6.10 Å². The third-order valence-electron chi connectivity index (χ3n) is 8.60.